The minimum absolute atomic E-state index is 0.0104. The number of nitrogens with one attached hydrogen (secondary N) is 1. The van der Waals surface area contributed by atoms with Gasteiger partial charge < -0.3 is 19.9 Å². The Morgan fingerprint density at radius 2 is 1.71 bits per heavy atom. The highest BCUT2D eigenvalue weighted by molar-refractivity contribution is 7.99. The summed E-state index contributed by atoms with van der Waals surface area (Å²) >= 11 is 1.90. The first-order chi connectivity index (χ1) is 13.7. The predicted molar refractivity (Wildman–Crippen MR) is 110 cm³/mol. The van der Waals surface area contributed by atoms with E-state index in [1.807, 2.05) is 60.3 Å². The summed E-state index contributed by atoms with van der Waals surface area (Å²) in [6, 6.07) is 15.4. The monoisotopic (exact) mass is 399 g/mol. The molecule has 1 saturated heterocycles. The summed E-state index contributed by atoms with van der Waals surface area (Å²) in [5.74, 6) is 3.00. The second kappa shape index (κ2) is 8.55. The molecule has 148 valence electrons. The topological polar surface area (TPSA) is 67.8 Å². The van der Waals surface area contributed by atoms with E-state index in [0.717, 1.165) is 47.0 Å². The van der Waals surface area contributed by atoms with E-state index in [-0.39, 0.29) is 12.5 Å². The Morgan fingerprint density at radius 1 is 1.11 bits per heavy atom. The summed E-state index contributed by atoms with van der Waals surface area (Å²) in [5, 5.41) is 12.3. The van der Waals surface area contributed by atoms with Crippen molar-refractivity contribution in [2.24, 2.45) is 0 Å². The van der Waals surface area contributed by atoms with Gasteiger partial charge in [0, 0.05) is 17.7 Å². The predicted octanol–water partition coefficient (Wildman–Crippen LogP) is 3.32. The first kappa shape index (κ1) is 19.3. The number of hydrogen-bond donors (Lipinski definition) is 2. The van der Waals surface area contributed by atoms with Crippen LogP contribution in [0.2, 0.25) is 0 Å². The van der Waals surface area contributed by atoms with Gasteiger partial charge in [-0.25, -0.2) is 0 Å². The van der Waals surface area contributed by atoms with Crippen molar-refractivity contribution in [2.75, 3.05) is 31.3 Å². The maximum absolute atomic E-state index is 13.3. The third-order valence-electron chi connectivity index (χ3n) is 5.43. The number of carbonyl (C=O) groups excluding carboxylic acids is 1. The van der Waals surface area contributed by atoms with Crippen LogP contribution in [0.5, 0.6) is 11.5 Å². The highest BCUT2D eigenvalue weighted by Gasteiger charge is 2.37. The summed E-state index contributed by atoms with van der Waals surface area (Å²) in [5.41, 5.74) is 1.36. The molecule has 2 heterocycles. The first-order valence-corrected chi connectivity index (χ1v) is 10.8. The lowest BCUT2D eigenvalue weighted by atomic mass is 9.87. The Hall–Kier alpha value is -2.02. The van der Waals surface area contributed by atoms with E-state index in [2.05, 4.69) is 5.32 Å². The van der Waals surface area contributed by atoms with E-state index in [1.54, 1.807) is 0 Å². The number of aliphatic hydroxyl groups is 1. The second-order valence-electron chi connectivity index (χ2n) is 7.20. The lowest BCUT2D eigenvalue weighted by Crippen LogP contribution is -2.49. The SMILES string of the molecule is O=C(NCC1(OCCO)CCSCC1)C1c2ccccc2Oc2ccccc21. The minimum Gasteiger partial charge on any atom is -0.457 e. The fourth-order valence-corrected chi connectivity index (χ4v) is 5.16. The van der Waals surface area contributed by atoms with Gasteiger partial charge in [0.25, 0.3) is 0 Å². The van der Waals surface area contributed by atoms with Crippen LogP contribution in [0.3, 0.4) is 0 Å². The quantitative estimate of drug-likeness (QED) is 0.780. The van der Waals surface area contributed by atoms with Crippen LogP contribution in [0.1, 0.15) is 29.9 Å². The van der Waals surface area contributed by atoms with E-state index in [1.165, 1.54) is 0 Å². The molecule has 0 saturated carbocycles. The van der Waals surface area contributed by atoms with Gasteiger partial charge in [0.1, 0.15) is 11.5 Å². The van der Waals surface area contributed by atoms with Crippen molar-refractivity contribution in [3.05, 3.63) is 59.7 Å². The molecule has 0 aromatic heterocycles. The van der Waals surface area contributed by atoms with Gasteiger partial charge >= 0.3 is 0 Å². The van der Waals surface area contributed by atoms with Crippen molar-refractivity contribution in [3.8, 4) is 11.5 Å². The van der Waals surface area contributed by atoms with Crippen LogP contribution < -0.4 is 10.1 Å². The number of ether oxygens (including phenoxy) is 2. The minimum atomic E-state index is -0.408. The van der Waals surface area contributed by atoms with Gasteiger partial charge in [-0.3, -0.25) is 4.79 Å². The molecule has 2 aromatic rings. The average Bonchev–Trinajstić information content (AvgIpc) is 2.75. The molecule has 0 unspecified atom stereocenters. The van der Waals surface area contributed by atoms with Gasteiger partial charge in [0.2, 0.25) is 5.91 Å². The number of aliphatic hydroxyl groups excluding tert-OH is 1. The fourth-order valence-electron chi connectivity index (χ4n) is 3.92. The molecular formula is C22H25NO4S. The number of thioether (sulfide) groups is 1. The molecule has 0 radical (unpaired) electrons. The van der Waals surface area contributed by atoms with Crippen LogP contribution in [0.15, 0.2) is 48.5 Å². The molecule has 2 aromatic carbocycles. The number of hydrogen-bond acceptors (Lipinski definition) is 5. The molecule has 0 atom stereocenters. The molecule has 1 amide bonds. The number of para-hydroxylation sites is 2. The van der Waals surface area contributed by atoms with Crippen molar-refractivity contribution in [3.63, 3.8) is 0 Å². The molecule has 0 spiro atoms. The Kier molecular flexibility index (Phi) is 5.90. The lowest BCUT2D eigenvalue weighted by Gasteiger charge is -2.37. The van der Waals surface area contributed by atoms with Crippen molar-refractivity contribution < 1.29 is 19.4 Å². The Balaban J connectivity index is 1.56. The molecule has 0 aliphatic carbocycles. The molecule has 6 heteroatoms. The Labute approximate surface area is 169 Å². The lowest BCUT2D eigenvalue weighted by molar-refractivity contribution is -0.124. The standard InChI is InChI=1S/C22H25NO4S/c24-11-12-26-22(9-13-28-14-10-22)15-23-21(25)20-16-5-1-3-7-18(16)27-19-8-4-2-6-17(19)20/h1-8,20,24H,9-15H2,(H,23,25). The summed E-state index contributed by atoms with van der Waals surface area (Å²) < 4.78 is 12.0. The molecule has 4 rings (SSSR count). The molecule has 28 heavy (non-hydrogen) atoms. The van der Waals surface area contributed by atoms with Gasteiger partial charge in [-0.1, -0.05) is 36.4 Å². The van der Waals surface area contributed by atoms with E-state index >= 15 is 0 Å². The zero-order valence-electron chi connectivity index (χ0n) is 15.7. The number of fused-ring (bicyclic) bond motifs is 2. The summed E-state index contributed by atoms with van der Waals surface area (Å²) in [6.45, 7) is 0.737. The maximum Gasteiger partial charge on any atom is 0.232 e. The number of rotatable bonds is 6. The second-order valence-corrected chi connectivity index (χ2v) is 8.42. The summed E-state index contributed by atoms with van der Waals surface area (Å²) in [6.07, 6.45) is 1.75. The van der Waals surface area contributed by atoms with Gasteiger partial charge in [-0.15, -0.1) is 0 Å². The van der Waals surface area contributed by atoms with Crippen LogP contribution in [0, 0.1) is 0 Å². The molecule has 0 bridgehead atoms. The van der Waals surface area contributed by atoms with Crippen molar-refractivity contribution in [1.29, 1.82) is 0 Å². The summed E-state index contributed by atoms with van der Waals surface area (Å²) in [4.78, 5) is 13.3. The molecule has 2 aliphatic heterocycles. The number of carbonyl (C=O) groups is 1. The zero-order valence-corrected chi connectivity index (χ0v) is 16.5. The summed E-state index contributed by atoms with van der Waals surface area (Å²) in [7, 11) is 0. The Morgan fingerprint density at radius 3 is 2.32 bits per heavy atom. The van der Waals surface area contributed by atoms with Crippen molar-refractivity contribution in [2.45, 2.75) is 24.4 Å². The third-order valence-corrected chi connectivity index (χ3v) is 6.42. The van der Waals surface area contributed by atoms with Crippen LogP contribution >= 0.6 is 11.8 Å². The van der Waals surface area contributed by atoms with E-state index in [4.69, 9.17) is 9.47 Å². The highest BCUT2D eigenvalue weighted by Crippen LogP contribution is 2.44. The zero-order chi connectivity index (χ0) is 19.4. The molecular weight excluding hydrogens is 374 g/mol. The van der Waals surface area contributed by atoms with Crippen LogP contribution in [0.4, 0.5) is 0 Å². The number of benzene rings is 2. The third kappa shape index (κ3) is 3.90. The van der Waals surface area contributed by atoms with Crippen molar-refractivity contribution >= 4 is 17.7 Å². The molecule has 2 aliphatic rings. The van der Waals surface area contributed by atoms with E-state index in [9.17, 15) is 9.90 Å². The van der Waals surface area contributed by atoms with Gasteiger partial charge in [-0.05, 0) is 36.5 Å². The van der Waals surface area contributed by atoms with E-state index < -0.39 is 11.5 Å². The van der Waals surface area contributed by atoms with Crippen LogP contribution in [0.25, 0.3) is 0 Å². The van der Waals surface area contributed by atoms with Gasteiger partial charge in [0.05, 0.1) is 24.7 Å². The Bertz CT molecular complexity index is 789. The van der Waals surface area contributed by atoms with Crippen molar-refractivity contribution in [1.82, 2.24) is 5.32 Å². The normalized spacial score (nSPS) is 17.9. The fraction of sp³-hybridized carbons (Fsp3) is 0.409. The van der Waals surface area contributed by atoms with Crippen LogP contribution in [-0.4, -0.2) is 47.9 Å². The smallest absolute Gasteiger partial charge is 0.232 e. The largest absolute Gasteiger partial charge is 0.457 e. The molecule has 5 nitrogen and oxygen atoms in total. The average molecular weight is 400 g/mol. The van der Waals surface area contributed by atoms with Crippen LogP contribution in [-0.2, 0) is 9.53 Å². The van der Waals surface area contributed by atoms with Gasteiger partial charge in [-0.2, -0.15) is 11.8 Å². The maximum atomic E-state index is 13.3. The first-order valence-electron chi connectivity index (χ1n) is 9.68. The molecule has 1 fully saturated rings. The molecule has 2 N–H and O–H groups in total. The van der Waals surface area contributed by atoms with E-state index in [0.29, 0.717) is 13.2 Å². The van der Waals surface area contributed by atoms with Gasteiger partial charge in [0.15, 0.2) is 0 Å². The highest BCUT2D eigenvalue weighted by atomic mass is 32.2. The number of amides is 1.